The first kappa shape index (κ1) is 16.8. The largest absolute Gasteiger partial charge is 0.460 e. The summed E-state index contributed by atoms with van der Waals surface area (Å²) in [7, 11) is 1.87. The van der Waals surface area contributed by atoms with Crippen molar-refractivity contribution in [1.29, 1.82) is 0 Å². The van der Waals surface area contributed by atoms with Crippen LogP contribution in [0, 0.1) is 0 Å². The molecule has 0 spiro atoms. The van der Waals surface area contributed by atoms with Crippen LogP contribution in [-0.4, -0.2) is 36.1 Å². The van der Waals surface area contributed by atoms with Gasteiger partial charge in [-0.3, -0.25) is 0 Å². The third-order valence-electron chi connectivity index (χ3n) is 2.80. The highest BCUT2D eigenvalue weighted by molar-refractivity contribution is 7.13. The summed E-state index contributed by atoms with van der Waals surface area (Å²) < 4.78 is 5.05. The van der Waals surface area contributed by atoms with E-state index in [0.717, 1.165) is 5.82 Å². The summed E-state index contributed by atoms with van der Waals surface area (Å²) >= 11 is 1.42. The van der Waals surface area contributed by atoms with Gasteiger partial charge in [-0.25, -0.2) is 14.8 Å². The molecule has 0 saturated carbocycles. The lowest BCUT2D eigenvalue weighted by atomic mass is 10.4. The van der Waals surface area contributed by atoms with Crippen LogP contribution in [0.1, 0.15) is 6.92 Å². The maximum atomic E-state index is 11.3. The van der Waals surface area contributed by atoms with Gasteiger partial charge in [0.15, 0.2) is 0 Å². The van der Waals surface area contributed by atoms with Crippen molar-refractivity contribution in [1.82, 2.24) is 9.97 Å². The molecule has 120 valence electrons. The number of azo groups is 1. The third-order valence-corrected chi connectivity index (χ3v) is 3.46. The molecule has 0 aliphatic heterocycles. The monoisotopic (exact) mass is 331 g/mol. The van der Waals surface area contributed by atoms with Crippen molar-refractivity contribution >= 4 is 33.9 Å². The second-order valence-corrected chi connectivity index (χ2v) is 5.60. The van der Waals surface area contributed by atoms with Gasteiger partial charge in [0.25, 0.3) is 0 Å². The van der Waals surface area contributed by atoms with E-state index in [0.29, 0.717) is 22.9 Å². The van der Waals surface area contributed by atoms with Gasteiger partial charge >= 0.3 is 5.97 Å². The van der Waals surface area contributed by atoms with Gasteiger partial charge in [0.2, 0.25) is 5.13 Å². The zero-order chi connectivity index (χ0) is 16.7. The fourth-order valence-electron chi connectivity index (χ4n) is 1.54. The fourth-order valence-corrected chi connectivity index (χ4v) is 2.00. The Morgan fingerprint density at radius 3 is 2.83 bits per heavy atom. The number of esters is 1. The van der Waals surface area contributed by atoms with Crippen LogP contribution >= 0.6 is 11.3 Å². The Morgan fingerprint density at radius 2 is 2.22 bits per heavy atom. The lowest BCUT2D eigenvalue weighted by Gasteiger charge is -2.17. The topological polar surface area (TPSA) is 80.0 Å². The van der Waals surface area contributed by atoms with Crippen LogP contribution in [0.3, 0.4) is 0 Å². The molecule has 0 radical (unpaired) electrons. The lowest BCUT2D eigenvalue weighted by Crippen LogP contribution is -2.24. The molecule has 0 aliphatic carbocycles. The summed E-state index contributed by atoms with van der Waals surface area (Å²) in [5.74, 6) is 0.369. The van der Waals surface area contributed by atoms with E-state index in [1.807, 2.05) is 29.5 Å². The van der Waals surface area contributed by atoms with E-state index in [4.69, 9.17) is 4.74 Å². The Bertz CT molecular complexity index is 682. The van der Waals surface area contributed by atoms with Crippen LogP contribution in [0.4, 0.5) is 16.6 Å². The number of anilines is 1. The molecule has 0 aliphatic rings. The number of carbonyl (C=O) groups is 1. The molecule has 0 N–H and O–H groups in total. The van der Waals surface area contributed by atoms with Crippen molar-refractivity contribution in [3.8, 4) is 0 Å². The van der Waals surface area contributed by atoms with Crippen LogP contribution in [0.2, 0.25) is 0 Å². The number of nitrogens with zero attached hydrogens (tertiary/aromatic N) is 5. The smallest absolute Gasteiger partial charge is 0.333 e. The number of rotatable bonds is 7. The average molecular weight is 331 g/mol. The standard InChI is InChI=1S/C15H17N5O2S/c1-11(2)14(21)22-8-7-20(3)13-5-4-12(10-17-13)18-19-15-16-6-9-23-15/h4-6,9-10H,1,7-8H2,2-3H3. The molecular weight excluding hydrogens is 314 g/mol. The normalized spacial score (nSPS) is 10.7. The van der Waals surface area contributed by atoms with Crippen LogP contribution in [0.15, 0.2) is 52.3 Å². The van der Waals surface area contributed by atoms with Gasteiger partial charge < -0.3 is 9.64 Å². The van der Waals surface area contributed by atoms with Crippen molar-refractivity contribution < 1.29 is 9.53 Å². The molecule has 0 aromatic carbocycles. The first-order chi connectivity index (χ1) is 11.1. The number of carbonyl (C=O) groups excluding carboxylic acids is 1. The van der Waals surface area contributed by atoms with Crippen molar-refractivity contribution in [2.75, 3.05) is 25.1 Å². The van der Waals surface area contributed by atoms with Crippen molar-refractivity contribution in [2.24, 2.45) is 10.2 Å². The fraction of sp³-hybridized carbons (Fsp3) is 0.267. The maximum absolute atomic E-state index is 11.3. The number of hydrogen-bond donors (Lipinski definition) is 0. The van der Waals surface area contributed by atoms with Crippen LogP contribution in [-0.2, 0) is 9.53 Å². The van der Waals surface area contributed by atoms with Crippen molar-refractivity contribution in [3.05, 3.63) is 42.1 Å². The molecule has 0 bridgehead atoms. The molecule has 2 heterocycles. The molecule has 8 heteroatoms. The van der Waals surface area contributed by atoms with E-state index in [1.165, 1.54) is 11.3 Å². The van der Waals surface area contributed by atoms with E-state index in [1.54, 1.807) is 19.3 Å². The molecule has 2 aromatic heterocycles. The molecule has 7 nitrogen and oxygen atoms in total. The minimum absolute atomic E-state index is 0.273. The van der Waals surface area contributed by atoms with E-state index in [9.17, 15) is 4.79 Å². The third kappa shape index (κ3) is 5.26. The van der Waals surface area contributed by atoms with Gasteiger partial charge in [-0.1, -0.05) is 6.58 Å². The summed E-state index contributed by atoms with van der Waals surface area (Å²) in [6.07, 6.45) is 3.30. The molecule has 0 unspecified atom stereocenters. The number of thiazole rings is 1. The minimum atomic E-state index is -0.385. The van der Waals surface area contributed by atoms with E-state index >= 15 is 0 Å². The van der Waals surface area contributed by atoms with Gasteiger partial charge in [-0.05, 0) is 19.1 Å². The highest BCUT2D eigenvalue weighted by Gasteiger charge is 2.06. The average Bonchev–Trinajstić information content (AvgIpc) is 3.06. The molecule has 0 fully saturated rings. The van der Waals surface area contributed by atoms with Gasteiger partial charge in [0.1, 0.15) is 18.1 Å². The summed E-state index contributed by atoms with van der Waals surface area (Å²) in [5, 5.41) is 10.5. The molecule has 0 saturated heterocycles. The SMILES string of the molecule is C=C(C)C(=O)OCCN(C)c1ccc(N=Nc2nccs2)cn1. The highest BCUT2D eigenvalue weighted by Crippen LogP contribution is 2.20. The van der Waals surface area contributed by atoms with Crippen LogP contribution in [0.5, 0.6) is 0 Å². The highest BCUT2D eigenvalue weighted by atomic mass is 32.1. The van der Waals surface area contributed by atoms with E-state index in [-0.39, 0.29) is 12.6 Å². The Morgan fingerprint density at radius 1 is 1.39 bits per heavy atom. The Balaban J connectivity index is 1.86. The lowest BCUT2D eigenvalue weighted by molar-refractivity contribution is -0.138. The van der Waals surface area contributed by atoms with Gasteiger partial charge in [-0.2, -0.15) is 0 Å². The summed E-state index contributed by atoms with van der Waals surface area (Å²) in [6.45, 7) is 5.96. The van der Waals surface area contributed by atoms with Gasteiger partial charge in [-0.15, -0.1) is 21.6 Å². The predicted octanol–water partition coefficient (Wildman–Crippen LogP) is 3.51. The summed E-state index contributed by atoms with van der Waals surface area (Å²) in [5.41, 5.74) is 1.03. The molecule has 2 aromatic rings. The van der Waals surface area contributed by atoms with Gasteiger partial charge in [0, 0.05) is 24.2 Å². The minimum Gasteiger partial charge on any atom is -0.460 e. The van der Waals surface area contributed by atoms with Gasteiger partial charge in [0.05, 0.1) is 12.7 Å². The Hall–Kier alpha value is -2.61. The quantitative estimate of drug-likeness (QED) is 0.440. The van der Waals surface area contributed by atoms with Crippen LogP contribution in [0.25, 0.3) is 0 Å². The molecule has 23 heavy (non-hydrogen) atoms. The zero-order valence-electron chi connectivity index (χ0n) is 13.0. The molecule has 0 atom stereocenters. The van der Waals surface area contributed by atoms with E-state index in [2.05, 4.69) is 26.8 Å². The Kier molecular flexibility index (Phi) is 5.93. The number of hydrogen-bond acceptors (Lipinski definition) is 8. The number of ether oxygens (including phenoxy) is 1. The first-order valence-electron chi connectivity index (χ1n) is 6.87. The van der Waals surface area contributed by atoms with Crippen molar-refractivity contribution in [3.63, 3.8) is 0 Å². The summed E-state index contributed by atoms with van der Waals surface area (Å²) in [4.78, 5) is 21.5. The molecule has 0 amide bonds. The predicted molar refractivity (Wildman–Crippen MR) is 89.6 cm³/mol. The second-order valence-electron chi connectivity index (χ2n) is 4.73. The zero-order valence-corrected chi connectivity index (χ0v) is 13.8. The molecular formula is C15H17N5O2S. The Labute approximate surface area is 138 Å². The molecule has 2 rings (SSSR count). The number of aromatic nitrogens is 2. The first-order valence-corrected chi connectivity index (χ1v) is 7.75. The number of pyridine rings is 1. The summed E-state index contributed by atoms with van der Waals surface area (Å²) in [6, 6.07) is 3.65. The maximum Gasteiger partial charge on any atom is 0.333 e. The number of likely N-dealkylation sites (N-methyl/N-ethyl adjacent to an activating group) is 1. The van der Waals surface area contributed by atoms with E-state index < -0.39 is 0 Å². The van der Waals surface area contributed by atoms with Crippen LogP contribution < -0.4 is 4.90 Å². The van der Waals surface area contributed by atoms with Crippen molar-refractivity contribution in [2.45, 2.75) is 6.92 Å². The second kappa shape index (κ2) is 8.14.